The van der Waals surface area contributed by atoms with Crippen LogP contribution in [0.4, 0.5) is 8.78 Å². The monoisotopic (exact) mass is 290 g/mol. The van der Waals surface area contributed by atoms with Gasteiger partial charge in [0.05, 0.1) is 5.39 Å². The molecule has 0 aliphatic carbocycles. The normalized spacial score (nSPS) is 11.4. The number of carbonyl (C=O) groups excluding carboxylic acids is 1. The van der Waals surface area contributed by atoms with Crippen molar-refractivity contribution in [3.05, 3.63) is 52.4 Å². The predicted octanol–water partition coefficient (Wildman–Crippen LogP) is 3.10. The number of halogens is 2. The van der Waals surface area contributed by atoms with Gasteiger partial charge < -0.3 is 9.52 Å². The number of fused-ring (bicyclic) bond motifs is 3. The number of hydrogen-bond donors (Lipinski definition) is 1. The van der Waals surface area contributed by atoms with Gasteiger partial charge >= 0.3 is 12.1 Å². The molecule has 0 spiro atoms. The van der Waals surface area contributed by atoms with Gasteiger partial charge in [-0.05, 0) is 11.5 Å². The molecule has 106 valence electrons. The Balaban J connectivity index is 2.45. The minimum atomic E-state index is -3.39. The average molecular weight is 290 g/mol. The molecule has 1 heterocycles. The van der Waals surface area contributed by atoms with Crippen molar-refractivity contribution in [2.24, 2.45) is 0 Å². The number of aromatic hydroxyl groups is 1. The van der Waals surface area contributed by atoms with Crippen LogP contribution in [0.1, 0.15) is 10.4 Å². The van der Waals surface area contributed by atoms with Gasteiger partial charge in [0.2, 0.25) is 5.78 Å². The van der Waals surface area contributed by atoms with Gasteiger partial charge in [0.15, 0.2) is 5.56 Å². The molecular weight excluding hydrogens is 282 g/mol. The first-order valence-corrected chi connectivity index (χ1v) is 6.00. The minimum absolute atomic E-state index is 0.0392. The molecule has 0 aliphatic heterocycles. The quantitative estimate of drug-likeness (QED) is 0.447. The number of hydrogen-bond acceptors (Lipinski definition) is 4. The van der Waals surface area contributed by atoms with Crippen molar-refractivity contribution >= 4 is 27.5 Å². The summed E-state index contributed by atoms with van der Waals surface area (Å²) < 4.78 is 30.0. The number of rotatable bonds is 2. The van der Waals surface area contributed by atoms with Crippen LogP contribution in [0.25, 0.3) is 21.7 Å². The van der Waals surface area contributed by atoms with Gasteiger partial charge in [0.25, 0.3) is 0 Å². The highest BCUT2D eigenvalue weighted by molar-refractivity contribution is 6.10. The largest absolute Gasteiger partial charge is 0.506 e. The van der Waals surface area contributed by atoms with Crippen LogP contribution >= 0.6 is 0 Å². The summed E-state index contributed by atoms with van der Waals surface area (Å²) in [6.07, 6.45) is -3.39. The van der Waals surface area contributed by atoms with E-state index in [0.717, 1.165) is 5.39 Å². The second-order valence-corrected chi connectivity index (χ2v) is 4.44. The Morgan fingerprint density at radius 2 is 1.81 bits per heavy atom. The molecule has 3 rings (SSSR count). The summed E-state index contributed by atoms with van der Waals surface area (Å²) in [6, 6.07) is 9.96. The van der Waals surface area contributed by atoms with Crippen LogP contribution in [0.15, 0.2) is 45.6 Å². The zero-order valence-electron chi connectivity index (χ0n) is 10.5. The van der Waals surface area contributed by atoms with E-state index >= 15 is 0 Å². The molecule has 3 aromatic rings. The highest BCUT2D eigenvalue weighted by atomic mass is 19.3. The lowest BCUT2D eigenvalue weighted by Gasteiger charge is -2.07. The lowest BCUT2D eigenvalue weighted by atomic mass is 10.0. The third-order valence-corrected chi connectivity index (χ3v) is 3.22. The second-order valence-electron chi connectivity index (χ2n) is 4.44. The predicted molar refractivity (Wildman–Crippen MR) is 72.0 cm³/mol. The molecule has 0 amide bonds. The van der Waals surface area contributed by atoms with Gasteiger partial charge in [0, 0.05) is 5.39 Å². The van der Waals surface area contributed by atoms with Crippen LogP contribution in [0, 0.1) is 0 Å². The Morgan fingerprint density at radius 3 is 2.52 bits per heavy atom. The molecule has 0 saturated carbocycles. The first-order chi connectivity index (χ1) is 10.0. The molecule has 21 heavy (non-hydrogen) atoms. The first kappa shape index (κ1) is 13.2. The molecule has 0 bridgehead atoms. The standard InChI is InChI=1S/C15H8F2O4/c16-14(17)12(19)10-11(18)9-6-5-7-3-1-2-4-8(7)13(9)21-15(10)20/h1-6,14,18H. The molecule has 0 fully saturated rings. The summed E-state index contributed by atoms with van der Waals surface area (Å²) in [6.45, 7) is 0. The van der Waals surface area contributed by atoms with Crippen LogP contribution in [0.3, 0.4) is 0 Å². The molecule has 0 unspecified atom stereocenters. The highest BCUT2D eigenvalue weighted by Crippen LogP contribution is 2.32. The highest BCUT2D eigenvalue weighted by Gasteiger charge is 2.27. The molecule has 4 nitrogen and oxygen atoms in total. The Bertz CT molecular complexity index is 928. The van der Waals surface area contributed by atoms with Crippen molar-refractivity contribution in [3.8, 4) is 5.75 Å². The zero-order valence-corrected chi connectivity index (χ0v) is 10.5. The molecular formula is C15H8F2O4. The van der Waals surface area contributed by atoms with Gasteiger partial charge in [-0.1, -0.05) is 30.3 Å². The van der Waals surface area contributed by atoms with Crippen molar-refractivity contribution in [2.45, 2.75) is 6.43 Å². The van der Waals surface area contributed by atoms with Gasteiger partial charge in [-0.25, -0.2) is 13.6 Å². The summed E-state index contributed by atoms with van der Waals surface area (Å²) in [4.78, 5) is 23.1. The minimum Gasteiger partial charge on any atom is -0.506 e. The molecule has 6 heteroatoms. The van der Waals surface area contributed by atoms with E-state index in [1.54, 1.807) is 30.3 Å². The fourth-order valence-electron chi connectivity index (χ4n) is 2.24. The number of Topliss-reactive ketones (excluding diaryl/α,β-unsaturated/α-hetero) is 1. The number of alkyl halides is 2. The van der Waals surface area contributed by atoms with Crippen LogP contribution in [-0.2, 0) is 0 Å². The van der Waals surface area contributed by atoms with Gasteiger partial charge in [-0.3, -0.25) is 4.79 Å². The van der Waals surface area contributed by atoms with Crippen LogP contribution < -0.4 is 5.63 Å². The molecule has 1 aromatic heterocycles. The first-order valence-electron chi connectivity index (χ1n) is 6.00. The average Bonchev–Trinajstić information content (AvgIpc) is 2.46. The SMILES string of the molecule is O=C(c1c(O)c2ccc3ccccc3c2oc1=O)C(F)F. The molecule has 2 aromatic carbocycles. The molecule has 1 N–H and O–H groups in total. The second kappa shape index (κ2) is 4.66. The van der Waals surface area contributed by atoms with Crippen molar-refractivity contribution < 1.29 is 23.1 Å². The van der Waals surface area contributed by atoms with Gasteiger partial charge in [0.1, 0.15) is 11.3 Å². The summed E-state index contributed by atoms with van der Waals surface area (Å²) in [5.74, 6) is -2.53. The van der Waals surface area contributed by atoms with Crippen molar-refractivity contribution in [1.82, 2.24) is 0 Å². The van der Waals surface area contributed by atoms with E-state index in [1.165, 1.54) is 6.07 Å². The van der Waals surface area contributed by atoms with Crippen LogP contribution in [0.2, 0.25) is 0 Å². The molecule has 0 atom stereocenters. The van der Waals surface area contributed by atoms with Gasteiger partial charge in [-0.15, -0.1) is 0 Å². The van der Waals surface area contributed by atoms with E-state index < -0.39 is 29.1 Å². The molecule has 0 aliphatic rings. The Morgan fingerprint density at radius 1 is 1.10 bits per heavy atom. The third-order valence-electron chi connectivity index (χ3n) is 3.22. The lowest BCUT2D eigenvalue weighted by Crippen LogP contribution is -2.20. The van der Waals surface area contributed by atoms with Crippen molar-refractivity contribution in [3.63, 3.8) is 0 Å². The Labute approximate surface area is 116 Å². The maximum Gasteiger partial charge on any atom is 0.351 e. The van der Waals surface area contributed by atoms with E-state index in [0.29, 0.717) is 5.39 Å². The molecule has 0 radical (unpaired) electrons. The van der Waals surface area contributed by atoms with Crippen molar-refractivity contribution in [1.29, 1.82) is 0 Å². The summed E-state index contributed by atoms with van der Waals surface area (Å²) >= 11 is 0. The Hall–Kier alpha value is -2.76. The topological polar surface area (TPSA) is 67.5 Å². The molecule has 0 saturated heterocycles. The summed E-state index contributed by atoms with van der Waals surface area (Å²) in [5, 5.41) is 11.3. The van der Waals surface area contributed by atoms with E-state index in [9.17, 15) is 23.5 Å². The fraction of sp³-hybridized carbons (Fsp3) is 0.0667. The number of benzene rings is 2. The van der Waals surface area contributed by atoms with Crippen LogP contribution in [-0.4, -0.2) is 17.3 Å². The summed E-state index contributed by atoms with van der Waals surface area (Å²) in [5.41, 5.74) is -2.24. The van der Waals surface area contributed by atoms with Crippen molar-refractivity contribution in [2.75, 3.05) is 0 Å². The van der Waals surface area contributed by atoms with E-state index in [1.807, 2.05) is 0 Å². The van der Waals surface area contributed by atoms with Crippen LogP contribution in [0.5, 0.6) is 5.75 Å². The smallest absolute Gasteiger partial charge is 0.351 e. The lowest BCUT2D eigenvalue weighted by molar-refractivity contribution is 0.0671. The summed E-state index contributed by atoms with van der Waals surface area (Å²) in [7, 11) is 0. The number of carbonyl (C=O) groups is 1. The van der Waals surface area contributed by atoms with E-state index in [4.69, 9.17) is 4.42 Å². The maximum atomic E-state index is 12.5. The van der Waals surface area contributed by atoms with E-state index in [-0.39, 0.29) is 11.0 Å². The zero-order chi connectivity index (χ0) is 15.1. The Kier molecular flexibility index (Phi) is 2.94. The third kappa shape index (κ3) is 1.96. The number of ketones is 1. The van der Waals surface area contributed by atoms with Gasteiger partial charge in [-0.2, -0.15) is 0 Å². The van der Waals surface area contributed by atoms with E-state index in [2.05, 4.69) is 0 Å². The fourth-order valence-corrected chi connectivity index (χ4v) is 2.24. The maximum absolute atomic E-state index is 12.5.